The minimum atomic E-state index is -1.57. The summed E-state index contributed by atoms with van der Waals surface area (Å²) in [6, 6.07) is 15.9. The van der Waals surface area contributed by atoms with Crippen LogP contribution in [-0.2, 0) is 5.60 Å². The fourth-order valence-corrected chi connectivity index (χ4v) is 4.13. The Hall–Kier alpha value is -1.79. The average Bonchev–Trinajstić information content (AvgIpc) is 2.73. The molecule has 1 fully saturated rings. The molecular weight excluding hydrogens is 391 g/mol. The van der Waals surface area contributed by atoms with E-state index < -0.39 is 17.6 Å². The van der Waals surface area contributed by atoms with Crippen molar-refractivity contribution >= 4 is 17.4 Å². The number of hydrogen-bond acceptors (Lipinski definition) is 4. The van der Waals surface area contributed by atoms with Gasteiger partial charge in [-0.25, -0.2) is 4.39 Å². The molecule has 0 aromatic heterocycles. The molecule has 1 aliphatic heterocycles. The number of carbonyl (C=O) groups is 1. The fraction of sp³-hybridized carbons (Fsp3) is 0.435. The van der Waals surface area contributed by atoms with Gasteiger partial charge in [-0.15, -0.1) is 0 Å². The van der Waals surface area contributed by atoms with Gasteiger partial charge in [0.1, 0.15) is 0 Å². The molecule has 0 spiro atoms. The van der Waals surface area contributed by atoms with E-state index in [0.29, 0.717) is 36.5 Å². The van der Waals surface area contributed by atoms with Crippen molar-refractivity contribution in [1.82, 2.24) is 9.80 Å². The Bertz CT molecular complexity index is 805. The number of hydrogen-bond donors (Lipinski definition) is 1. The molecule has 1 saturated heterocycles. The summed E-state index contributed by atoms with van der Waals surface area (Å²) in [6.07, 6.45) is -0.597. The molecule has 29 heavy (non-hydrogen) atoms. The summed E-state index contributed by atoms with van der Waals surface area (Å²) in [4.78, 5) is 16.5. The Morgan fingerprint density at radius 1 is 1.14 bits per heavy atom. The van der Waals surface area contributed by atoms with Crippen molar-refractivity contribution in [2.75, 3.05) is 27.2 Å². The molecule has 2 atom stereocenters. The van der Waals surface area contributed by atoms with Gasteiger partial charge in [-0.3, -0.25) is 14.6 Å². The Morgan fingerprint density at radius 2 is 1.72 bits per heavy atom. The molecule has 0 radical (unpaired) electrons. The zero-order valence-electron chi connectivity index (χ0n) is 16.9. The second-order valence-corrected chi connectivity index (χ2v) is 8.39. The van der Waals surface area contributed by atoms with Crippen LogP contribution >= 0.6 is 11.6 Å². The molecule has 0 aliphatic carbocycles. The number of halogens is 2. The highest BCUT2D eigenvalue weighted by Gasteiger charge is 2.37. The maximum atomic E-state index is 14.8. The van der Waals surface area contributed by atoms with Crippen LogP contribution in [0.25, 0.3) is 0 Å². The van der Waals surface area contributed by atoms with Crippen molar-refractivity contribution in [3.63, 3.8) is 0 Å². The van der Waals surface area contributed by atoms with Crippen LogP contribution in [0.15, 0.2) is 54.6 Å². The highest BCUT2D eigenvalue weighted by Crippen LogP contribution is 2.34. The van der Waals surface area contributed by atoms with Crippen molar-refractivity contribution in [3.05, 3.63) is 70.7 Å². The first kappa shape index (κ1) is 21.9. The minimum absolute atomic E-state index is 0.0973. The number of ketones is 1. The molecule has 1 aliphatic rings. The van der Waals surface area contributed by atoms with Crippen LogP contribution in [0.5, 0.6) is 0 Å². The lowest BCUT2D eigenvalue weighted by Crippen LogP contribution is -2.53. The molecule has 4 nitrogen and oxygen atoms in total. The van der Waals surface area contributed by atoms with Crippen LogP contribution in [0.1, 0.15) is 35.2 Å². The molecule has 1 heterocycles. The lowest BCUT2D eigenvalue weighted by atomic mass is 9.84. The quantitative estimate of drug-likeness (QED) is 0.687. The average molecular weight is 419 g/mol. The standard InChI is InChI=1S/C23H28ClFN2O2/c1-26(2)21(16-20(25)22(28)17-6-4-3-5-7-17)27-14-12-23(29,13-15-27)18-8-10-19(24)11-9-18/h3-11,20-21,29H,12-16H2,1-2H3. The first-order chi connectivity index (χ1) is 13.8. The van der Waals surface area contributed by atoms with Crippen molar-refractivity contribution in [2.45, 2.75) is 37.2 Å². The van der Waals surface area contributed by atoms with Gasteiger partial charge in [0.2, 0.25) is 0 Å². The Balaban J connectivity index is 1.65. The third-order valence-corrected chi connectivity index (χ3v) is 6.04. The predicted octanol–water partition coefficient (Wildman–Crippen LogP) is 4.12. The largest absolute Gasteiger partial charge is 0.385 e. The van der Waals surface area contributed by atoms with Crippen LogP contribution in [0, 0.1) is 0 Å². The second kappa shape index (κ2) is 9.35. The number of Topliss-reactive ketones (excluding diaryl/α,β-unsaturated/α-hetero) is 1. The lowest BCUT2D eigenvalue weighted by molar-refractivity contribution is -0.0577. The zero-order chi connectivity index (χ0) is 21.0. The van der Waals surface area contributed by atoms with Crippen LogP contribution < -0.4 is 0 Å². The number of aliphatic hydroxyl groups is 1. The van der Waals surface area contributed by atoms with Crippen molar-refractivity contribution < 1.29 is 14.3 Å². The second-order valence-electron chi connectivity index (χ2n) is 7.95. The highest BCUT2D eigenvalue weighted by atomic mass is 35.5. The molecule has 156 valence electrons. The molecular formula is C23H28ClFN2O2. The van der Waals surface area contributed by atoms with Gasteiger partial charge in [0, 0.05) is 30.1 Å². The van der Waals surface area contributed by atoms with Crippen LogP contribution in [0.4, 0.5) is 4.39 Å². The van der Waals surface area contributed by atoms with Crippen molar-refractivity contribution in [1.29, 1.82) is 0 Å². The normalized spacial score (nSPS) is 19.1. The van der Waals surface area contributed by atoms with Crippen LogP contribution in [0.2, 0.25) is 5.02 Å². The first-order valence-corrected chi connectivity index (χ1v) is 10.3. The van der Waals surface area contributed by atoms with Gasteiger partial charge in [-0.05, 0) is 44.6 Å². The number of carbonyl (C=O) groups excluding carboxylic acids is 1. The lowest BCUT2D eigenvalue weighted by Gasteiger charge is -2.44. The number of nitrogens with zero attached hydrogens (tertiary/aromatic N) is 2. The summed E-state index contributed by atoms with van der Waals surface area (Å²) in [5, 5.41) is 11.7. The molecule has 0 saturated carbocycles. The number of benzene rings is 2. The van der Waals surface area contributed by atoms with Crippen molar-refractivity contribution in [3.8, 4) is 0 Å². The van der Waals surface area contributed by atoms with E-state index in [0.717, 1.165) is 5.56 Å². The molecule has 0 bridgehead atoms. The minimum Gasteiger partial charge on any atom is -0.385 e. The monoisotopic (exact) mass is 418 g/mol. The SMILES string of the molecule is CN(C)C(CC(F)C(=O)c1ccccc1)N1CCC(O)(c2ccc(Cl)cc2)CC1. The molecule has 1 N–H and O–H groups in total. The van der Waals surface area contributed by atoms with Gasteiger partial charge in [0.25, 0.3) is 0 Å². The van der Waals surface area contributed by atoms with E-state index >= 15 is 0 Å². The van der Waals surface area contributed by atoms with E-state index in [1.165, 1.54) is 0 Å². The van der Waals surface area contributed by atoms with E-state index in [1.54, 1.807) is 36.4 Å². The van der Waals surface area contributed by atoms with Gasteiger partial charge in [0.15, 0.2) is 12.0 Å². The van der Waals surface area contributed by atoms with E-state index in [-0.39, 0.29) is 12.6 Å². The maximum absolute atomic E-state index is 14.8. The summed E-state index contributed by atoms with van der Waals surface area (Å²) in [5.41, 5.74) is 0.339. The molecule has 2 aromatic rings. The molecule has 6 heteroatoms. The Labute approximate surface area is 176 Å². The number of rotatable bonds is 7. The predicted molar refractivity (Wildman–Crippen MR) is 114 cm³/mol. The van der Waals surface area contributed by atoms with Gasteiger partial charge in [-0.2, -0.15) is 0 Å². The molecule has 0 amide bonds. The first-order valence-electron chi connectivity index (χ1n) is 9.92. The summed E-state index contributed by atoms with van der Waals surface area (Å²) < 4.78 is 14.8. The number of likely N-dealkylation sites (tertiary alicyclic amines) is 1. The summed E-state index contributed by atoms with van der Waals surface area (Å²) in [6.45, 7) is 1.24. The Morgan fingerprint density at radius 3 is 2.28 bits per heavy atom. The summed E-state index contributed by atoms with van der Waals surface area (Å²) in [5.74, 6) is -0.480. The van der Waals surface area contributed by atoms with Gasteiger partial charge < -0.3 is 5.11 Å². The molecule has 2 aromatic carbocycles. The van der Waals surface area contributed by atoms with Crippen molar-refractivity contribution in [2.24, 2.45) is 0 Å². The smallest absolute Gasteiger partial charge is 0.197 e. The van der Waals surface area contributed by atoms with Crippen LogP contribution in [0.3, 0.4) is 0 Å². The van der Waals surface area contributed by atoms with Gasteiger partial charge >= 0.3 is 0 Å². The van der Waals surface area contributed by atoms with Gasteiger partial charge in [0.05, 0.1) is 11.8 Å². The number of piperidine rings is 1. The van der Waals surface area contributed by atoms with E-state index in [4.69, 9.17) is 11.6 Å². The van der Waals surface area contributed by atoms with Gasteiger partial charge in [-0.1, -0.05) is 54.1 Å². The number of alkyl halides is 1. The van der Waals surface area contributed by atoms with Crippen LogP contribution in [-0.4, -0.2) is 60.2 Å². The van der Waals surface area contributed by atoms with E-state index in [1.807, 2.05) is 37.2 Å². The van der Waals surface area contributed by atoms with E-state index in [2.05, 4.69) is 4.90 Å². The van der Waals surface area contributed by atoms with E-state index in [9.17, 15) is 14.3 Å². The third-order valence-electron chi connectivity index (χ3n) is 5.78. The highest BCUT2D eigenvalue weighted by molar-refractivity contribution is 6.30. The third kappa shape index (κ3) is 5.23. The molecule has 2 unspecified atom stereocenters. The summed E-state index contributed by atoms with van der Waals surface area (Å²) in [7, 11) is 3.79. The molecule has 3 rings (SSSR count). The topological polar surface area (TPSA) is 43.8 Å². The Kier molecular flexibility index (Phi) is 7.06. The maximum Gasteiger partial charge on any atom is 0.197 e. The zero-order valence-corrected chi connectivity index (χ0v) is 17.6. The fourth-order valence-electron chi connectivity index (χ4n) is 4.00. The summed E-state index contributed by atoms with van der Waals surface area (Å²) >= 11 is 5.96.